The van der Waals surface area contributed by atoms with Crippen LogP contribution in [0.3, 0.4) is 0 Å². The van der Waals surface area contributed by atoms with Gasteiger partial charge in [0.25, 0.3) is 5.91 Å². The van der Waals surface area contributed by atoms with Crippen molar-refractivity contribution in [2.24, 2.45) is 0 Å². The van der Waals surface area contributed by atoms with Crippen LogP contribution in [0, 0.1) is 6.92 Å². The van der Waals surface area contributed by atoms with E-state index in [0.717, 1.165) is 27.5 Å². The number of carbonyl (C=O) groups is 1. The van der Waals surface area contributed by atoms with E-state index in [0.29, 0.717) is 15.7 Å². The van der Waals surface area contributed by atoms with Crippen molar-refractivity contribution in [2.75, 3.05) is 18.7 Å². The molecule has 1 N–H and O–H groups in total. The lowest BCUT2D eigenvalue weighted by molar-refractivity contribution is 0.102. The molecule has 0 atom stereocenters. The Bertz CT molecular complexity index is 956. The molecule has 3 rings (SSSR count). The number of halogens is 1. The van der Waals surface area contributed by atoms with E-state index in [1.807, 2.05) is 42.8 Å². The lowest BCUT2D eigenvalue weighted by Crippen LogP contribution is -2.12. The van der Waals surface area contributed by atoms with E-state index >= 15 is 0 Å². The highest BCUT2D eigenvalue weighted by Gasteiger charge is 2.15. The van der Waals surface area contributed by atoms with Crippen molar-refractivity contribution in [3.63, 3.8) is 0 Å². The average molecular weight is 405 g/mol. The van der Waals surface area contributed by atoms with E-state index in [4.69, 9.17) is 16.3 Å². The minimum atomic E-state index is -0.275. The number of nitrogens with zero attached hydrogens (tertiary/aromatic N) is 1. The van der Waals surface area contributed by atoms with E-state index in [9.17, 15) is 4.79 Å². The Kier molecular flexibility index (Phi) is 5.86. The Labute approximate surface area is 165 Å². The van der Waals surface area contributed by atoms with Crippen LogP contribution >= 0.6 is 34.7 Å². The fourth-order valence-corrected chi connectivity index (χ4v) is 3.80. The standard InChI is InChI=1S/C19H17ClN2O2S2/c1-11-4-7-17(24-2)14(8-11)16-10-26-19(21-16)22-18(23)13-9-12(25-3)5-6-15(13)20/h4-10H,1-3H3,(H,21,22,23). The average Bonchev–Trinajstić information content (AvgIpc) is 3.10. The monoisotopic (exact) mass is 404 g/mol. The summed E-state index contributed by atoms with van der Waals surface area (Å²) in [6, 6.07) is 11.3. The van der Waals surface area contributed by atoms with Gasteiger partial charge in [0.1, 0.15) is 5.75 Å². The Morgan fingerprint density at radius 1 is 1.27 bits per heavy atom. The molecule has 7 heteroatoms. The number of amides is 1. The Morgan fingerprint density at radius 2 is 2.08 bits per heavy atom. The summed E-state index contributed by atoms with van der Waals surface area (Å²) in [7, 11) is 1.63. The molecule has 0 aliphatic rings. The van der Waals surface area contributed by atoms with Gasteiger partial charge in [-0.05, 0) is 43.5 Å². The van der Waals surface area contributed by atoms with Crippen LogP contribution in [0.4, 0.5) is 5.13 Å². The molecule has 0 saturated carbocycles. The smallest absolute Gasteiger partial charge is 0.258 e. The summed E-state index contributed by atoms with van der Waals surface area (Å²) in [6.45, 7) is 2.01. The third-order valence-corrected chi connectivity index (χ3v) is 5.59. The molecule has 0 fully saturated rings. The molecule has 0 aliphatic carbocycles. The van der Waals surface area contributed by atoms with Gasteiger partial charge >= 0.3 is 0 Å². The molecule has 3 aromatic rings. The molecule has 0 saturated heterocycles. The van der Waals surface area contributed by atoms with E-state index < -0.39 is 0 Å². The Morgan fingerprint density at radius 3 is 2.81 bits per heavy atom. The molecule has 1 aromatic heterocycles. The summed E-state index contributed by atoms with van der Waals surface area (Å²) < 4.78 is 5.41. The van der Waals surface area contributed by atoms with E-state index in [1.165, 1.54) is 11.3 Å². The number of thiazole rings is 1. The van der Waals surface area contributed by atoms with E-state index in [-0.39, 0.29) is 5.91 Å². The first-order chi connectivity index (χ1) is 12.5. The lowest BCUT2D eigenvalue weighted by atomic mass is 10.1. The third kappa shape index (κ3) is 4.03. The van der Waals surface area contributed by atoms with Crippen LogP contribution in [-0.2, 0) is 0 Å². The highest BCUT2D eigenvalue weighted by atomic mass is 35.5. The van der Waals surface area contributed by atoms with Crippen LogP contribution in [0.5, 0.6) is 5.75 Å². The van der Waals surface area contributed by atoms with Crippen LogP contribution in [0.1, 0.15) is 15.9 Å². The minimum absolute atomic E-state index is 0.275. The summed E-state index contributed by atoms with van der Waals surface area (Å²) >= 11 is 9.09. The lowest BCUT2D eigenvalue weighted by Gasteiger charge is -2.07. The van der Waals surface area contributed by atoms with Gasteiger partial charge in [0.05, 0.1) is 23.4 Å². The largest absolute Gasteiger partial charge is 0.496 e. The van der Waals surface area contributed by atoms with Crippen molar-refractivity contribution >= 4 is 45.7 Å². The Balaban J connectivity index is 1.85. The van der Waals surface area contributed by atoms with Gasteiger partial charge in [-0.1, -0.05) is 23.2 Å². The Hall–Kier alpha value is -2.02. The van der Waals surface area contributed by atoms with Crippen LogP contribution in [-0.4, -0.2) is 24.3 Å². The highest BCUT2D eigenvalue weighted by Crippen LogP contribution is 2.33. The second-order valence-electron chi connectivity index (χ2n) is 5.54. The van der Waals surface area contributed by atoms with Gasteiger partial charge in [-0.2, -0.15) is 0 Å². The number of aromatic nitrogens is 1. The summed E-state index contributed by atoms with van der Waals surface area (Å²) in [5.41, 5.74) is 3.20. The second kappa shape index (κ2) is 8.12. The number of nitrogens with one attached hydrogen (secondary N) is 1. The predicted octanol–water partition coefficient (Wildman–Crippen LogP) is 5.75. The number of anilines is 1. The molecule has 0 aliphatic heterocycles. The third-order valence-electron chi connectivity index (χ3n) is 3.77. The SMILES string of the molecule is COc1ccc(C)cc1-c1csc(NC(=O)c2cc(SC)ccc2Cl)n1. The summed E-state index contributed by atoms with van der Waals surface area (Å²) in [6.07, 6.45) is 1.95. The van der Waals surface area contributed by atoms with Crippen molar-refractivity contribution in [1.29, 1.82) is 0 Å². The molecule has 0 bridgehead atoms. The van der Waals surface area contributed by atoms with E-state index in [1.54, 1.807) is 31.0 Å². The number of benzene rings is 2. The van der Waals surface area contributed by atoms with Gasteiger partial charge in [0.15, 0.2) is 5.13 Å². The maximum Gasteiger partial charge on any atom is 0.258 e. The molecule has 1 amide bonds. The second-order valence-corrected chi connectivity index (χ2v) is 7.69. The number of carbonyl (C=O) groups excluding carboxylic acids is 1. The zero-order valence-corrected chi connectivity index (χ0v) is 16.9. The van der Waals surface area contributed by atoms with Gasteiger partial charge < -0.3 is 4.74 Å². The van der Waals surface area contributed by atoms with Crippen LogP contribution in [0.25, 0.3) is 11.3 Å². The van der Waals surface area contributed by atoms with Crippen LogP contribution in [0.15, 0.2) is 46.7 Å². The molecular formula is C19H17ClN2O2S2. The van der Waals surface area contributed by atoms with Crippen molar-refractivity contribution in [3.8, 4) is 17.0 Å². The molecule has 134 valence electrons. The maximum atomic E-state index is 12.6. The zero-order valence-electron chi connectivity index (χ0n) is 14.5. The van der Waals surface area contributed by atoms with Crippen LogP contribution < -0.4 is 10.1 Å². The summed E-state index contributed by atoms with van der Waals surface area (Å²) in [4.78, 5) is 18.1. The predicted molar refractivity (Wildman–Crippen MR) is 110 cm³/mol. The quantitative estimate of drug-likeness (QED) is 0.549. The molecule has 26 heavy (non-hydrogen) atoms. The fraction of sp³-hybridized carbons (Fsp3) is 0.158. The summed E-state index contributed by atoms with van der Waals surface area (Å²) in [5.74, 6) is 0.470. The van der Waals surface area contributed by atoms with Crippen molar-refractivity contribution in [1.82, 2.24) is 4.98 Å². The molecular weight excluding hydrogens is 388 g/mol. The molecule has 0 spiro atoms. The van der Waals surface area contributed by atoms with Gasteiger partial charge in [-0.3, -0.25) is 10.1 Å². The van der Waals surface area contributed by atoms with Crippen LogP contribution in [0.2, 0.25) is 5.02 Å². The summed E-state index contributed by atoms with van der Waals surface area (Å²) in [5, 5.41) is 5.65. The number of rotatable bonds is 5. The number of hydrogen-bond acceptors (Lipinski definition) is 5. The topological polar surface area (TPSA) is 51.2 Å². The van der Waals surface area contributed by atoms with Crippen molar-refractivity contribution in [2.45, 2.75) is 11.8 Å². The van der Waals surface area contributed by atoms with Crippen molar-refractivity contribution < 1.29 is 9.53 Å². The van der Waals surface area contributed by atoms with Gasteiger partial charge in [0.2, 0.25) is 0 Å². The minimum Gasteiger partial charge on any atom is -0.496 e. The van der Waals surface area contributed by atoms with Crippen molar-refractivity contribution in [3.05, 3.63) is 57.9 Å². The number of methoxy groups -OCH3 is 1. The first kappa shape index (κ1) is 18.8. The molecule has 0 unspecified atom stereocenters. The normalized spacial score (nSPS) is 10.6. The highest BCUT2D eigenvalue weighted by molar-refractivity contribution is 7.98. The number of hydrogen-bond donors (Lipinski definition) is 1. The number of thioether (sulfide) groups is 1. The first-order valence-electron chi connectivity index (χ1n) is 7.77. The van der Waals surface area contributed by atoms with Gasteiger partial charge in [-0.25, -0.2) is 4.98 Å². The molecule has 1 heterocycles. The molecule has 0 radical (unpaired) electrons. The molecule has 2 aromatic carbocycles. The van der Waals surface area contributed by atoms with Gasteiger partial charge in [-0.15, -0.1) is 23.1 Å². The number of aryl methyl sites for hydroxylation is 1. The van der Waals surface area contributed by atoms with Gasteiger partial charge in [0, 0.05) is 15.8 Å². The zero-order chi connectivity index (χ0) is 18.7. The first-order valence-corrected chi connectivity index (χ1v) is 10.3. The number of ether oxygens (including phenoxy) is 1. The fourth-order valence-electron chi connectivity index (χ4n) is 2.45. The van der Waals surface area contributed by atoms with E-state index in [2.05, 4.69) is 10.3 Å². The maximum absolute atomic E-state index is 12.6. The molecule has 4 nitrogen and oxygen atoms in total.